The Bertz CT molecular complexity index is 291. The fourth-order valence-corrected chi connectivity index (χ4v) is 1.80. The lowest BCUT2D eigenvalue weighted by atomic mass is 9.73. The highest BCUT2D eigenvalue weighted by Crippen LogP contribution is 2.35. The predicted molar refractivity (Wildman–Crippen MR) is 61.0 cm³/mol. The number of hydrogen-bond acceptors (Lipinski definition) is 3. The highest BCUT2D eigenvalue weighted by atomic mass is 16.5. The van der Waals surface area contributed by atoms with Crippen LogP contribution in [0.2, 0.25) is 0 Å². The molecule has 92 valence electrons. The van der Waals surface area contributed by atoms with Crippen LogP contribution in [0, 0.1) is 11.3 Å². The van der Waals surface area contributed by atoms with E-state index in [2.05, 4.69) is 6.58 Å². The molecule has 0 aliphatic carbocycles. The highest BCUT2D eigenvalue weighted by molar-refractivity contribution is 5.88. The third kappa shape index (κ3) is 3.08. The lowest BCUT2D eigenvalue weighted by Crippen LogP contribution is -2.36. The minimum atomic E-state index is -1.07. The van der Waals surface area contributed by atoms with Crippen LogP contribution < -0.4 is 0 Å². The molecule has 0 rings (SSSR count). The molecule has 0 fully saturated rings. The van der Waals surface area contributed by atoms with Gasteiger partial charge in [0.1, 0.15) is 0 Å². The largest absolute Gasteiger partial charge is 0.478 e. The van der Waals surface area contributed by atoms with Crippen molar-refractivity contribution in [2.24, 2.45) is 11.3 Å². The smallest absolute Gasteiger partial charge is 0.331 e. The van der Waals surface area contributed by atoms with Crippen molar-refractivity contribution >= 4 is 11.9 Å². The summed E-state index contributed by atoms with van der Waals surface area (Å²) in [4.78, 5) is 22.6. The summed E-state index contributed by atoms with van der Waals surface area (Å²) >= 11 is 0. The molecule has 0 saturated carbocycles. The Morgan fingerprint density at radius 1 is 1.38 bits per heavy atom. The highest BCUT2D eigenvalue weighted by Gasteiger charge is 2.40. The number of hydrogen-bond donors (Lipinski definition) is 1. The van der Waals surface area contributed by atoms with Gasteiger partial charge in [-0.25, -0.2) is 4.79 Å². The van der Waals surface area contributed by atoms with Gasteiger partial charge in [-0.05, 0) is 27.2 Å². The topological polar surface area (TPSA) is 63.6 Å². The van der Waals surface area contributed by atoms with E-state index in [1.54, 1.807) is 20.8 Å². The summed E-state index contributed by atoms with van der Waals surface area (Å²) in [6, 6.07) is 0. The molecule has 0 aromatic heterocycles. The molecular formula is C12H20O4. The van der Waals surface area contributed by atoms with Gasteiger partial charge >= 0.3 is 11.9 Å². The molecule has 0 bridgehead atoms. The molecule has 4 heteroatoms. The number of carbonyl (C=O) groups is 2. The van der Waals surface area contributed by atoms with Crippen LogP contribution in [0.25, 0.3) is 0 Å². The van der Waals surface area contributed by atoms with Gasteiger partial charge in [-0.15, -0.1) is 0 Å². The molecule has 1 unspecified atom stereocenters. The minimum absolute atomic E-state index is 0.0561. The van der Waals surface area contributed by atoms with Gasteiger partial charge in [-0.2, -0.15) is 0 Å². The maximum atomic E-state index is 11.7. The first-order chi connectivity index (χ1) is 7.28. The van der Waals surface area contributed by atoms with E-state index in [-0.39, 0.29) is 18.1 Å². The molecule has 0 aliphatic heterocycles. The van der Waals surface area contributed by atoms with Crippen molar-refractivity contribution in [3.8, 4) is 0 Å². The number of esters is 1. The zero-order chi connectivity index (χ0) is 12.9. The second kappa shape index (κ2) is 5.68. The molecular weight excluding hydrogens is 208 g/mol. The average molecular weight is 228 g/mol. The number of ether oxygens (including phenoxy) is 1. The maximum absolute atomic E-state index is 11.7. The van der Waals surface area contributed by atoms with Gasteiger partial charge in [0.2, 0.25) is 0 Å². The molecule has 0 aliphatic rings. The standard InChI is InChI=1S/C12H20O4/c1-6-9(8(3)10(13)14)12(4,5)11(15)16-7-2/h9H,3,6-7H2,1-2,4-5H3,(H,13,14). The SMILES string of the molecule is C=C(C(=O)O)C(CC)C(C)(C)C(=O)OCC. The van der Waals surface area contributed by atoms with Crippen LogP contribution in [-0.4, -0.2) is 23.7 Å². The molecule has 4 nitrogen and oxygen atoms in total. The first-order valence-electron chi connectivity index (χ1n) is 5.38. The van der Waals surface area contributed by atoms with E-state index >= 15 is 0 Å². The summed E-state index contributed by atoms with van der Waals surface area (Å²) in [6.45, 7) is 10.7. The van der Waals surface area contributed by atoms with Gasteiger partial charge < -0.3 is 9.84 Å². The lowest BCUT2D eigenvalue weighted by molar-refractivity contribution is -0.156. The van der Waals surface area contributed by atoms with Crippen LogP contribution in [0.1, 0.15) is 34.1 Å². The van der Waals surface area contributed by atoms with Crippen molar-refractivity contribution < 1.29 is 19.4 Å². The summed E-state index contributed by atoms with van der Waals surface area (Å²) in [5.74, 6) is -1.86. The Morgan fingerprint density at radius 2 is 1.88 bits per heavy atom. The third-order valence-electron chi connectivity index (χ3n) is 2.78. The van der Waals surface area contributed by atoms with E-state index < -0.39 is 17.3 Å². The minimum Gasteiger partial charge on any atom is -0.478 e. The van der Waals surface area contributed by atoms with E-state index in [1.807, 2.05) is 6.92 Å². The Morgan fingerprint density at radius 3 is 2.19 bits per heavy atom. The Balaban J connectivity index is 5.00. The van der Waals surface area contributed by atoms with E-state index in [0.29, 0.717) is 6.42 Å². The first-order valence-corrected chi connectivity index (χ1v) is 5.38. The normalized spacial score (nSPS) is 13.0. The van der Waals surface area contributed by atoms with Gasteiger partial charge in [0, 0.05) is 11.5 Å². The van der Waals surface area contributed by atoms with Gasteiger partial charge in [0.05, 0.1) is 12.0 Å². The van der Waals surface area contributed by atoms with Gasteiger partial charge in [-0.3, -0.25) is 4.79 Å². The zero-order valence-corrected chi connectivity index (χ0v) is 10.4. The van der Waals surface area contributed by atoms with E-state index in [0.717, 1.165) is 0 Å². The van der Waals surface area contributed by atoms with E-state index in [4.69, 9.17) is 9.84 Å². The molecule has 0 aromatic rings. The monoisotopic (exact) mass is 228 g/mol. The Hall–Kier alpha value is -1.32. The van der Waals surface area contributed by atoms with Crippen molar-refractivity contribution in [1.82, 2.24) is 0 Å². The predicted octanol–water partition coefficient (Wildman–Crippen LogP) is 2.24. The fraction of sp³-hybridized carbons (Fsp3) is 0.667. The molecule has 16 heavy (non-hydrogen) atoms. The van der Waals surface area contributed by atoms with Crippen molar-refractivity contribution in [3.63, 3.8) is 0 Å². The number of carbonyl (C=O) groups excluding carboxylic acids is 1. The van der Waals surface area contributed by atoms with Crippen LogP contribution in [0.4, 0.5) is 0 Å². The Labute approximate surface area is 96.3 Å². The van der Waals surface area contributed by atoms with Crippen molar-refractivity contribution in [2.45, 2.75) is 34.1 Å². The van der Waals surface area contributed by atoms with E-state index in [1.165, 1.54) is 0 Å². The zero-order valence-electron chi connectivity index (χ0n) is 10.4. The molecule has 1 atom stereocenters. The second-order valence-corrected chi connectivity index (χ2v) is 4.23. The number of carboxylic acid groups (broad SMARTS) is 1. The molecule has 0 amide bonds. The van der Waals surface area contributed by atoms with Crippen LogP contribution in [0.3, 0.4) is 0 Å². The molecule has 0 heterocycles. The lowest BCUT2D eigenvalue weighted by Gasteiger charge is -2.31. The van der Waals surface area contributed by atoms with E-state index in [9.17, 15) is 9.59 Å². The molecule has 0 spiro atoms. The van der Waals surface area contributed by atoms with Crippen molar-refractivity contribution in [2.75, 3.05) is 6.61 Å². The summed E-state index contributed by atoms with van der Waals surface area (Å²) < 4.78 is 4.95. The van der Waals surface area contributed by atoms with Gasteiger partial charge in [0.15, 0.2) is 0 Å². The van der Waals surface area contributed by atoms with Crippen LogP contribution in [0.5, 0.6) is 0 Å². The summed E-state index contributed by atoms with van der Waals surface area (Å²) in [5.41, 5.74) is -0.805. The van der Waals surface area contributed by atoms with Crippen LogP contribution in [-0.2, 0) is 14.3 Å². The maximum Gasteiger partial charge on any atom is 0.331 e. The quantitative estimate of drug-likeness (QED) is 0.559. The first kappa shape index (κ1) is 14.7. The molecule has 1 N–H and O–H groups in total. The molecule has 0 saturated heterocycles. The van der Waals surface area contributed by atoms with Crippen molar-refractivity contribution in [1.29, 1.82) is 0 Å². The number of aliphatic carboxylic acids is 1. The molecule has 0 aromatic carbocycles. The average Bonchev–Trinajstić information content (AvgIpc) is 2.18. The fourth-order valence-electron chi connectivity index (χ4n) is 1.80. The van der Waals surface area contributed by atoms with Crippen LogP contribution >= 0.6 is 0 Å². The summed E-state index contributed by atoms with van der Waals surface area (Å²) in [5, 5.41) is 8.91. The summed E-state index contributed by atoms with van der Waals surface area (Å²) in [7, 11) is 0. The van der Waals surface area contributed by atoms with Crippen LogP contribution in [0.15, 0.2) is 12.2 Å². The summed E-state index contributed by atoms with van der Waals surface area (Å²) in [6.07, 6.45) is 0.539. The van der Waals surface area contributed by atoms with Gasteiger partial charge in [0.25, 0.3) is 0 Å². The third-order valence-corrected chi connectivity index (χ3v) is 2.78. The number of rotatable bonds is 6. The van der Waals surface area contributed by atoms with Crippen molar-refractivity contribution in [3.05, 3.63) is 12.2 Å². The second-order valence-electron chi connectivity index (χ2n) is 4.23. The van der Waals surface area contributed by atoms with Gasteiger partial charge in [-0.1, -0.05) is 13.5 Å². The Kier molecular flexibility index (Phi) is 5.21. The molecule has 0 radical (unpaired) electrons. The number of carboxylic acids is 1.